The number of benzene rings is 4. The lowest BCUT2D eigenvalue weighted by Crippen LogP contribution is -2.29. The number of aryl methyl sites for hydroxylation is 1. The van der Waals surface area contributed by atoms with Gasteiger partial charge in [0.1, 0.15) is 5.75 Å². The van der Waals surface area contributed by atoms with Crippen molar-refractivity contribution < 1.29 is 27.4 Å². The Bertz CT molecular complexity index is 1500. The van der Waals surface area contributed by atoms with Gasteiger partial charge in [-0.15, -0.1) is 0 Å². The summed E-state index contributed by atoms with van der Waals surface area (Å²) < 4.78 is 46.8. The van der Waals surface area contributed by atoms with Crippen LogP contribution in [0, 0.1) is 12.7 Å². The molecule has 0 aliphatic rings. The number of hydrogen-bond acceptors (Lipinski definition) is 4. The lowest BCUT2D eigenvalue weighted by Gasteiger charge is -2.24. The number of rotatable bonds is 8. The van der Waals surface area contributed by atoms with Crippen LogP contribution in [0.4, 0.5) is 10.1 Å². The van der Waals surface area contributed by atoms with E-state index in [-0.39, 0.29) is 17.9 Å². The summed E-state index contributed by atoms with van der Waals surface area (Å²) in [6, 6.07) is 24.8. The molecule has 0 fully saturated rings. The number of carboxylic acids is 1. The molecule has 0 amide bonds. The molecule has 6 nitrogen and oxygen atoms in total. The van der Waals surface area contributed by atoms with Gasteiger partial charge in [-0.2, -0.15) is 0 Å². The molecule has 0 saturated heterocycles. The minimum Gasteiger partial charge on any atom is -0.478 e. The maximum absolute atomic E-state index is 14.8. The number of para-hydroxylation sites is 1. The molecule has 0 aromatic heterocycles. The van der Waals surface area contributed by atoms with Crippen LogP contribution in [-0.4, -0.2) is 25.7 Å². The minimum absolute atomic E-state index is 0.0394. The Balaban J connectivity index is 1.60. The van der Waals surface area contributed by atoms with Crippen LogP contribution in [0.2, 0.25) is 0 Å². The molecule has 184 valence electrons. The molecular weight excluding hydrogens is 481 g/mol. The summed E-state index contributed by atoms with van der Waals surface area (Å²) in [4.78, 5) is 11.1. The van der Waals surface area contributed by atoms with Crippen LogP contribution in [0.5, 0.6) is 11.5 Å². The van der Waals surface area contributed by atoms with E-state index in [1.807, 2.05) is 13.0 Å². The van der Waals surface area contributed by atoms with Gasteiger partial charge in [-0.1, -0.05) is 42.5 Å². The predicted molar refractivity (Wildman–Crippen MR) is 138 cm³/mol. The van der Waals surface area contributed by atoms with Crippen LogP contribution in [0.15, 0.2) is 91.0 Å². The molecule has 0 aliphatic heterocycles. The van der Waals surface area contributed by atoms with E-state index in [9.17, 15) is 17.6 Å². The van der Waals surface area contributed by atoms with Gasteiger partial charge in [0.25, 0.3) is 0 Å². The standard InChI is InChI=1S/C28H24FNO5S/c1-19-16-23(30(36(2,33)34)18-20-8-10-21(11-9-20)28(31)32)13-14-25(19)22-12-15-27(26(29)17-22)35-24-6-4-3-5-7-24/h3-17H,18H2,1-2H3,(H,31,32). The number of aromatic carboxylic acids is 1. The second kappa shape index (κ2) is 10.2. The number of nitrogens with zero attached hydrogens (tertiary/aromatic N) is 1. The van der Waals surface area contributed by atoms with Gasteiger partial charge in [0.15, 0.2) is 11.6 Å². The summed E-state index contributed by atoms with van der Waals surface area (Å²) >= 11 is 0. The minimum atomic E-state index is -3.64. The first kappa shape index (κ1) is 24.9. The fourth-order valence-electron chi connectivity index (χ4n) is 3.81. The zero-order valence-electron chi connectivity index (χ0n) is 19.7. The molecule has 0 radical (unpaired) electrons. The molecule has 0 heterocycles. The number of ether oxygens (including phenoxy) is 1. The SMILES string of the molecule is Cc1cc(N(Cc2ccc(C(=O)O)cc2)S(C)(=O)=O)ccc1-c1ccc(Oc2ccccc2)c(F)c1. The first-order valence-electron chi connectivity index (χ1n) is 11.1. The predicted octanol–water partition coefficient (Wildman–Crippen LogP) is 6.26. The molecule has 0 bridgehead atoms. The highest BCUT2D eigenvalue weighted by molar-refractivity contribution is 7.92. The van der Waals surface area contributed by atoms with Crippen molar-refractivity contribution in [1.29, 1.82) is 0 Å². The van der Waals surface area contributed by atoms with E-state index in [1.54, 1.807) is 66.7 Å². The van der Waals surface area contributed by atoms with E-state index >= 15 is 0 Å². The molecule has 1 N–H and O–H groups in total. The van der Waals surface area contributed by atoms with Crippen molar-refractivity contribution in [1.82, 2.24) is 0 Å². The molecule has 4 aromatic carbocycles. The largest absolute Gasteiger partial charge is 0.478 e. The van der Waals surface area contributed by atoms with Crippen LogP contribution in [0.1, 0.15) is 21.5 Å². The zero-order chi connectivity index (χ0) is 25.9. The topological polar surface area (TPSA) is 83.9 Å². The van der Waals surface area contributed by atoms with Crippen molar-refractivity contribution >= 4 is 21.7 Å². The van der Waals surface area contributed by atoms with Gasteiger partial charge in [0.05, 0.1) is 24.1 Å². The molecule has 4 aromatic rings. The average Bonchev–Trinajstić information content (AvgIpc) is 2.84. The third-order valence-corrected chi connectivity index (χ3v) is 6.78. The quantitative estimate of drug-likeness (QED) is 0.306. The highest BCUT2D eigenvalue weighted by atomic mass is 32.2. The molecule has 0 unspecified atom stereocenters. The van der Waals surface area contributed by atoms with Gasteiger partial charge < -0.3 is 9.84 Å². The summed E-state index contributed by atoms with van der Waals surface area (Å²) in [6.07, 6.45) is 1.11. The normalized spacial score (nSPS) is 11.2. The van der Waals surface area contributed by atoms with Crippen molar-refractivity contribution in [2.45, 2.75) is 13.5 Å². The summed E-state index contributed by atoms with van der Waals surface area (Å²) in [5.74, 6) is -0.925. The maximum Gasteiger partial charge on any atom is 0.335 e. The Kier molecular flexibility index (Phi) is 7.07. The van der Waals surface area contributed by atoms with Crippen LogP contribution in [0.25, 0.3) is 11.1 Å². The number of hydrogen-bond donors (Lipinski definition) is 1. The molecule has 4 rings (SSSR count). The van der Waals surface area contributed by atoms with Crippen LogP contribution < -0.4 is 9.04 Å². The smallest absolute Gasteiger partial charge is 0.335 e. The number of carbonyl (C=O) groups is 1. The van der Waals surface area contributed by atoms with Crippen molar-refractivity contribution in [2.75, 3.05) is 10.6 Å². The van der Waals surface area contributed by atoms with E-state index in [0.29, 0.717) is 22.6 Å². The second-order valence-corrected chi connectivity index (χ2v) is 10.2. The fourth-order valence-corrected chi connectivity index (χ4v) is 4.69. The van der Waals surface area contributed by atoms with E-state index in [4.69, 9.17) is 9.84 Å². The van der Waals surface area contributed by atoms with Crippen molar-refractivity contribution in [3.8, 4) is 22.6 Å². The van der Waals surface area contributed by atoms with Crippen molar-refractivity contribution in [2.24, 2.45) is 0 Å². The number of carboxylic acid groups (broad SMARTS) is 1. The summed E-state index contributed by atoms with van der Waals surface area (Å²) in [6.45, 7) is 1.87. The second-order valence-electron chi connectivity index (χ2n) is 8.33. The van der Waals surface area contributed by atoms with E-state index in [2.05, 4.69) is 0 Å². The Morgan fingerprint density at radius 1 is 0.944 bits per heavy atom. The molecule has 0 atom stereocenters. The highest BCUT2D eigenvalue weighted by Crippen LogP contribution is 2.33. The lowest BCUT2D eigenvalue weighted by atomic mass is 9.99. The Morgan fingerprint density at radius 2 is 1.64 bits per heavy atom. The fraction of sp³-hybridized carbons (Fsp3) is 0.107. The molecule has 36 heavy (non-hydrogen) atoms. The van der Waals surface area contributed by atoms with Crippen LogP contribution in [0.3, 0.4) is 0 Å². The van der Waals surface area contributed by atoms with Gasteiger partial charge in [-0.05, 0) is 77.7 Å². The summed E-state index contributed by atoms with van der Waals surface area (Å²) in [7, 11) is -3.64. The summed E-state index contributed by atoms with van der Waals surface area (Å²) in [5.41, 5.74) is 3.36. The third kappa shape index (κ3) is 5.72. The van der Waals surface area contributed by atoms with E-state index < -0.39 is 21.8 Å². The van der Waals surface area contributed by atoms with Gasteiger partial charge >= 0.3 is 5.97 Å². The lowest BCUT2D eigenvalue weighted by molar-refractivity contribution is 0.0697. The van der Waals surface area contributed by atoms with Gasteiger partial charge in [0.2, 0.25) is 10.0 Å². The van der Waals surface area contributed by atoms with Crippen molar-refractivity contribution in [3.05, 3.63) is 114 Å². The number of halogens is 1. The highest BCUT2D eigenvalue weighted by Gasteiger charge is 2.19. The number of sulfonamides is 1. The maximum atomic E-state index is 14.8. The Hall–Kier alpha value is -4.17. The molecular formula is C28H24FNO5S. The molecule has 0 spiro atoms. The summed E-state index contributed by atoms with van der Waals surface area (Å²) in [5, 5.41) is 9.08. The first-order chi connectivity index (χ1) is 17.1. The van der Waals surface area contributed by atoms with Gasteiger partial charge in [-0.3, -0.25) is 4.31 Å². The monoisotopic (exact) mass is 505 g/mol. The Labute approximate surface area is 209 Å². The molecule has 8 heteroatoms. The van der Waals surface area contributed by atoms with Crippen LogP contribution >= 0.6 is 0 Å². The molecule has 0 saturated carbocycles. The van der Waals surface area contributed by atoms with Gasteiger partial charge in [0, 0.05) is 0 Å². The van der Waals surface area contributed by atoms with Crippen molar-refractivity contribution in [3.63, 3.8) is 0 Å². The Morgan fingerprint density at radius 3 is 2.22 bits per heavy atom. The third-order valence-electron chi connectivity index (χ3n) is 5.64. The zero-order valence-corrected chi connectivity index (χ0v) is 20.5. The molecule has 0 aliphatic carbocycles. The van der Waals surface area contributed by atoms with Gasteiger partial charge in [-0.25, -0.2) is 17.6 Å². The van der Waals surface area contributed by atoms with Crippen LogP contribution in [-0.2, 0) is 16.6 Å². The van der Waals surface area contributed by atoms with E-state index in [0.717, 1.165) is 17.4 Å². The number of anilines is 1. The average molecular weight is 506 g/mol. The first-order valence-corrected chi connectivity index (χ1v) is 12.9. The van der Waals surface area contributed by atoms with E-state index in [1.165, 1.54) is 22.5 Å².